The van der Waals surface area contributed by atoms with Crippen molar-refractivity contribution in [2.45, 2.75) is 38.5 Å². The second-order valence-corrected chi connectivity index (χ2v) is 5.97. The SMILES string of the molecule is Cc1nc(C2CC2)ncc1C(=O)N1CCC(C(N)=O)CC1. The second kappa shape index (κ2) is 5.42. The molecule has 1 aromatic rings. The minimum atomic E-state index is -0.268. The van der Waals surface area contributed by atoms with Crippen molar-refractivity contribution in [1.82, 2.24) is 14.9 Å². The van der Waals surface area contributed by atoms with Crippen LogP contribution in [0.15, 0.2) is 6.20 Å². The van der Waals surface area contributed by atoms with E-state index in [4.69, 9.17) is 5.73 Å². The summed E-state index contributed by atoms with van der Waals surface area (Å²) in [4.78, 5) is 34.2. The third-order valence-electron chi connectivity index (χ3n) is 4.36. The first-order chi connectivity index (χ1) is 10.1. The maximum absolute atomic E-state index is 12.5. The first-order valence-corrected chi connectivity index (χ1v) is 7.48. The van der Waals surface area contributed by atoms with Crippen molar-refractivity contribution in [1.29, 1.82) is 0 Å². The fraction of sp³-hybridized carbons (Fsp3) is 0.600. The van der Waals surface area contributed by atoms with Gasteiger partial charge in [0.1, 0.15) is 5.82 Å². The molecule has 0 radical (unpaired) electrons. The average Bonchev–Trinajstić information content (AvgIpc) is 3.31. The topological polar surface area (TPSA) is 89.2 Å². The van der Waals surface area contributed by atoms with Gasteiger partial charge < -0.3 is 10.6 Å². The van der Waals surface area contributed by atoms with Crippen LogP contribution in [0.5, 0.6) is 0 Å². The fourth-order valence-electron chi connectivity index (χ4n) is 2.77. The molecule has 0 unspecified atom stereocenters. The molecule has 2 fully saturated rings. The van der Waals surface area contributed by atoms with Crippen LogP contribution >= 0.6 is 0 Å². The number of nitrogens with two attached hydrogens (primary N) is 1. The van der Waals surface area contributed by atoms with Gasteiger partial charge in [-0.1, -0.05) is 0 Å². The number of primary amides is 1. The number of carbonyl (C=O) groups excluding carboxylic acids is 2. The van der Waals surface area contributed by atoms with E-state index < -0.39 is 0 Å². The highest BCUT2D eigenvalue weighted by molar-refractivity contribution is 5.95. The Bertz CT molecular complexity index is 575. The number of hydrogen-bond acceptors (Lipinski definition) is 4. The number of aryl methyl sites for hydroxylation is 1. The number of likely N-dealkylation sites (tertiary alicyclic amines) is 1. The van der Waals surface area contributed by atoms with Crippen LogP contribution in [-0.2, 0) is 4.79 Å². The first kappa shape index (κ1) is 14.0. The lowest BCUT2D eigenvalue weighted by atomic mass is 9.96. The van der Waals surface area contributed by atoms with E-state index in [0.717, 1.165) is 24.4 Å². The van der Waals surface area contributed by atoms with E-state index in [1.165, 1.54) is 0 Å². The molecular formula is C15H20N4O2. The van der Waals surface area contributed by atoms with Gasteiger partial charge in [0.25, 0.3) is 5.91 Å². The Morgan fingerprint density at radius 3 is 2.43 bits per heavy atom. The summed E-state index contributed by atoms with van der Waals surface area (Å²) >= 11 is 0. The minimum absolute atomic E-state index is 0.0437. The number of hydrogen-bond donors (Lipinski definition) is 1. The molecule has 0 aromatic carbocycles. The number of piperidine rings is 1. The quantitative estimate of drug-likeness (QED) is 0.898. The molecule has 1 aliphatic carbocycles. The molecule has 2 N–H and O–H groups in total. The van der Waals surface area contributed by atoms with Crippen molar-refractivity contribution in [3.8, 4) is 0 Å². The molecule has 1 aliphatic heterocycles. The van der Waals surface area contributed by atoms with Crippen LogP contribution in [0, 0.1) is 12.8 Å². The Kier molecular flexibility index (Phi) is 3.61. The molecule has 2 heterocycles. The van der Waals surface area contributed by atoms with Crippen LogP contribution in [0.25, 0.3) is 0 Å². The van der Waals surface area contributed by atoms with Gasteiger partial charge in [-0.15, -0.1) is 0 Å². The Labute approximate surface area is 123 Å². The van der Waals surface area contributed by atoms with Crippen LogP contribution in [0.2, 0.25) is 0 Å². The van der Waals surface area contributed by atoms with Crippen molar-refractivity contribution in [3.05, 3.63) is 23.3 Å². The summed E-state index contributed by atoms with van der Waals surface area (Å²) in [5.41, 5.74) is 6.62. The molecule has 6 nitrogen and oxygen atoms in total. The Morgan fingerprint density at radius 1 is 1.24 bits per heavy atom. The van der Waals surface area contributed by atoms with Crippen molar-refractivity contribution in [3.63, 3.8) is 0 Å². The number of rotatable bonds is 3. The summed E-state index contributed by atoms with van der Waals surface area (Å²) < 4.78 is 0. The standard InChI is InChI=1S/C15H20N4O2/c1-9-12(8-17-14(18-9)11-2-3-11)15(21)19-6-4-10(5-7-19)13(16)20/h8,10-11H,2-7H2,1H3,(H2,16,20). The third-order valence-corrected chi connectivity index (χ3v) is 4.36. The second-order valence-electron chi connectivity index (χ2n) is 5.97. The first-order valence-electron chi connectivity index (χ1n) is 7.48. The monoisotopic (exact) mass is 288 g/mol. The summed E-state index contributed by atoms with van der Waals surface area (Å²) in [5.74, 6) is 0.924. The van der Waals surface area contributed by atoms with Gasteiger partial charge in [0.2, 0.25) is 5.91 Å². The molecule has 6 heteroatoms. The zero-order valence-corrected chi connectivity index (χ0v) is 12.2. The van der Waals surface area contributed by atoms with E-state index in [1.807, 2.05) is 6.92 Å². The van der Waals surface area contributed by atoms with Crippen LogP contribution in [0.3, 0.4) is 0 Å². The van der Waals surface area contributed by atoms with E-state index >= 15 is 0 Å². The predicted molar refractivity (Wildman–Crippen MR) is 76.6 cm³/mol. The molecule has 0 atom stereocenters. The smallest absolute Gasteiger partial charge is 0.257 e. The van der Waals surface area contributed by atoms with Gasteiger partial charge in [-0.3, -0.25) is 9.59 Å². The lowest BCUT2D eigenvalue weighted by Gasteiger charge is -2.30. The Hall–Kier alpha value is -1.98. The van der Waals surface area contributed by atoms with Gasteiger partial charge in [0.15, 0.2) is 0 Å². The lowest BCUT2D eigenvalue weighted by Crippen LogP contribution is -2.42. The van der Waals surface area contributed by atoms with Gasteiger partial charge in [-0.25, -0.2) is 9.97 Å². The summed E-state index contributed by atoms with van der Waals surface area (Å²) in [6.45, 7) is 2.99. The van der Waals surface area contributed by atoms with E-state index in [-0.39, 0.29) is 17.7 Å². The molecule has 1 saturated carbocycles. The average molecular weight is 288 g/mol. The Balaban J connectivity index is 1.69. The molecular weight excluding hydrogens is 268 g/mol. The highest BCUT2D eigenvalue weighted by atomic mass is 16.2. The maximum Gasteiger partial charge on any atom is 0.257 e. The van der Waals surface area contributed by atoms with Crippen molar-refractivity contribution in [2.24, 2.45) is 11.7 Å². The fourth-order valence-corrected chi connectivity index (χ4v) is 2.77. The number of aromatic nitrogens is 2. The summed E-state index contributed by atoms with van der Waals surface area (Å²) in [5, 5.41) is 0. The molecule has 0 spiro atoms. The van der Waals surface area contributed by atoms with E-state index in [0.29, 0.717) is 37.4 Å². The van der Waals surface area contributed by atoms with Crippen molar-refractivity contribution < 1.29 is 9.59 Å². The maximum atomic E-state index is 12.5. The van der Waals surface area contributed by atoms with E-state index in [1.54, 1.807) is 11.1 Å². The minimum Gasteiger partial charge on any atom is -0.369 e. The molecule has 0 bridgehead atoms. The van der Waals surface area contributed by atoms with Gasteiger partial charge in [-0.05, 0) is 32.6 Å². The molecule has 3 rings (SSSR count). The predicted octanol–water partition coefficient (Wildman–Crippen LogP) is 1.000. The van der Waals surface area contributed by atoms with E-state index in [2.05, 4.69) is 9.97 Å². The largest absolute Gasteiger partial charge is 0.369 e. The number of carbonyl (C=O) groups is 2. The lowest BCUT2D eigenvalue weighted by molar-refractivity contribution is -0.123. The van der Waals surface area contributed by atoms with E-state index in [9.17, 15) is 9.59 Å². The van der Waals surface area contributed by atoms with Crippen LogP contribution < -0.4 is 5.73 Å². The summed E-state index contributed by atoms with van der Waals surface area (Å²) in [6, 6.07) is 0. The zero-order valence-electron chi connectivity index (χ0n) is 12.2. The number of amides is 2. The van der Waals surface area contributed by atoms with Gasteiger partial charge in [0, 0.05) is 31.1 Å². The summed E-state index contributed by atoms with van der Waals surface area (Å²) in [6.07, 6.45) is 5.22. The normalized spacial score (nSPS) is 19.6. The molecule has 1 saturated heterocycles. The van der Waals surface area contributed by atoms with Crippen LogP contribution in [0.1, 0.15) is 53.5 Å². The van der Waals surface area contributed by atoms with Gasteiger partial charge in [-0.2, -0.15) is 0 Å². The highest BCUT2D eigenvalue weighted by Gasteiger charge is 2.30. The third kappa shape index (κ3) is 2.89. The molecule has 2 aliphatic rings. The highest BCUT2D eigenvalue weighted by Crippen LogP contribution is 2.38. The van der Waals surface area contributed by atoms with Gasteiger partial charge in [0.05, 0.1) is 11.3 Å². The zero-order chi connectivity index (χ0) is 15.0. The van der Waals surface area contributed by atoms with Gasteiger partial charge >= 0.3 is 0 Å². The Morgan fingerprint density at radius 2 is 1.90 bits per heavy atom. The molecule has 112 valence electrons. The van der Waals surface area contributed by atoms with Crippen LogP contribution in [-0.4, -0.2) is 39.8 Å². The van der Waals surface area contributed by atoms with Crippen LogP contribution in [0.4, 0.5) is 0 Å². The molecule has 2 amide bonds. The summed E-state index contributed by atoms with van der Waals surface area (Å²) in [7, 11) is 0. The molecule has 21 heavy (non-hydrogen) atoms. The number of nitrogens with zero attached hydrogens (tertiary/aromatic N) is 3. The van der Waals surface area contributed by atoms with Crippen molar-refractivity contribution >= 4 is 11.8 Å². The molecule has 1 aromatic heterocycles. The van der Waals surface area contributed by atoms with Crippen molar-refractivity contribution in [2.75, 3.05) is 13.1 Å².